The minimum atomic E-state index is -3.33. The molecule has 0 bridgehead atoms. The molecule has 23 heavy (non-hydrogen) atoms. The number of hydrogen-bond donors (Lipinski definition) is 1. The molecule has 0 unspecified atom stereocenters. The first-order valence-corrected chi connectivity index (χ1v) is 9.57. The topological polar surface area (TPSA) is 88.5 Å². The Morgan fingerprint density at radius 2 is 2.00 bits per heavy atom. The lowest BCUT2D eigenvalue weighted by Gasteiger charge is -2.17. The first kappa shape index (κ1) is 16.2. The molecule has 0 aromatic carbocycles. The molecule has 1 amide bonds. The Bertz CT molecular complexity index is 782. The maximum atomic E-state index is 12.7. The summed E-state index contributed by atoms with van der Waals surface area (Å²) in [5, 5.41) is 0. The monoisotopic (exact) mass is 339 g/mol. The Morgan fingerprint density at radius 1 is 1.30 bits per heavy atom. The Morgan fingerprint density at radius 3 is 2.61 bits per heavy atom. The zero-order valence-electron chi connectivity index (χ0n) is 13.2. The highest BCUT2D eigenvalue weighted by Gasteiger charge is 2.45. The van der Waals surface area contributed by atoms with Gasteiger partial charge in [-0.3, -0.25) is 9.59 Å². The number of hydrogen-bond acceptors (Lipinski definition) is 4. The van der Waals surface area contributed by atoms with Gasteiger partial charge in [-0.25, -0.2) is 13.1 Å². The second-order valence-electron chi connectivity index (χ2n) is 6.55. The number of aromatic nitrogens is 1. The number of nitrogens with one attached hydrogen (secondary N) is 1. The summed E-state index contributed by atoms with van der Waals surface area (Å²) in [6.45, 7) is 0.805. The first-order chi connectivity index (χ1) is 10.8. The smallest absolute Gasteiger partial charge is 0.263 e. The minimum Gasteiger partial charge on any atom is -0.337 e. The molecule has 2 atom stereocenters. The molecule has 1 aromatic rings. The summed E-state index contributed by atoms with van der Waals surface area (Å²) >= 11 is 0. The van der Waals surface area contributed by atoms with Crippen molar-refractivity contribution >= 4 is 15.9 Å². The Balaban J connectivity index is 1.82. The Hall–Kier alpha value is -1.67. The normalized spacial score (nSPS) is 24.9. The minimum absolute atomic E-state index is 0.126. The molecule has 0 radical (unpaired) electrons. The standard InChI is InChI=1S/C15H21N3O4S/c1-17-7-3-4-11(14(17)19)15(20)18-8-12(10-5-6-10)13(9-18)16-23(2,21)22/h3-4,7,10,12-13,16H,5-6,8-9H2,1-2H3/t12-,13+/m1/s1. The van der Waals surface area contributed by atoms with E-state index >= 15 is 0 Å². The quantitative estimate of drug-likeness (QED) is 0.822. The number of pyridine rings is 1. The number of carbonyl (C=O) groups excluding carboxylic acids is 1. The van der Waals surface area contributed by atoms with Crippen LogP contribution in [0.3, 0.4) is 0 Å². The van der Waals surface area contributed by atoms with Crippen molar-refractivity contribution in [2.45, 2.75) is 18.9 Å². The van der Waals surface area contributed by atoms with Gasteiger partial charge in [0.05, 0.1) is 6.26 Å². The second-order valence-corrected chi connectivity index (χ2v) is 8.33. The van der Waals surface area contributed by atoms with Gasteiger partial charge in [-0.2, -0.15) is 0 Å². The van der Waals surface area contributed by atoms with Gasteiger partial charge in [-0.1, -0.05) is 0 Å². The van der Waals surface area contributed by atoms with E-state index in [0.29, 0.717) is 19.0 Å². The predicted octanol–water partition coefficient (Wildman–Crippen LogP) is -0.215. The van der Waals surface area contributed by atoms with E-state index < -0.39 is 10.0 Å². The predicted molar refractivity (Wildman–Crippen MR) is 85.6 cm³/mol. The molecular formula is C15H21N3O4S. The van der Waals surface area contributed by atoms with Crippen molar-refractivity contribution in [2.24, 2.45) is 18.9 Å². The van der Waals surface area contributed by atoms with E-state index in [1.807, 2.05) is 0 Å². The fourth-order valence-electron chi connectivity index (χ4n) is 3.33. The van der Waals surface area contributed by atoms with Crippen molar-refractivity contribution in [3.05, 3.63) is 34.2 Å². The molecule has 0 spiro atoms. The molecule has 8 heteroatoms. The first-order valence-electron chi connectivity index (χ1n) is 7.68. The van der Waals surface area contributed by atoms with Gasteiger partial charge >= 0.3 is 0 Å². The van der Waals surface area contributed by atoms with Crippen LogP contribution in [0.25, 0.3) is 0 Å². The molecule has 1 saturated heterocycles. The van der Waals surface area contributed by atoms with Crippen molar-refractivity contribution in [1.82, 2.24) is 14.2 Å². The Kier molecular flexibility index (Phi) is 4.05. The van der Waals surface area contributed by atoms with Crippen LogP contribution in [0.2, 0.25) is 0 Å². The maximum Gasteiger partial charge on any atom is 0.263 e. The van der Waals surface area contributed by atoms with E-state index in [-0.39, 0.29) is 29.0 Å². The lowest BCUT2D eigenvalue weighted by Crippen LogP contribution is -2.41. The van der Waals surface area contributed by atoms with Crippen LogP contribution in [0.5, 0.6) is 0 Å². The van der Waals surface area contributed by atoms with Crippen LogP contribution in [0.15, 0.2) is 23.1 Å². The Labute approximate surface area is 135 Å². The van der Waals surface area contributed by atoms with Crippen molar-refractivity contribution in [1.29, 1.82) is 0 Å². The zero-order chi connectivity index (χ0) is 16.8. The van der Waals surface area contributed by atoms with Gasteiger partial charge in [0.1, 0.15) is 5.56 Å². The summed E-state index contributed by atoms with van der Waals surface area (Å²) in [7, 11) is -1.73. The summed E-state index contributed by atoms with van der Waals surface area (Å²) in [5.41, 5.74) is -0.204. The lowest BCUT2D eigenvalue weighted by molar-refractivity contribution is 0.0782. The maximum absolute atomic E-state index is 12.7. The summed E-state index contributed by atoms with van der Waals surface area (Å²) in [6, 6.07) is 2.91. The van der Waals surface area contributed by atoms with Crippen LogP contribution in [-0.4, -0.2) is 49.2 Å². The van der Waals surface area contributed by atoms with Gasteiger partial charge in [0, 0.05) is 32.4 Å². The number of aryl methyl sites for hydroxylation is 1. The second kappa shape index (κ2) is 5.76. The fraction of sp³-hybridized carbons (Fsp3) is 0.600. The highest BCUT2D eigenvalue weighted by atomic mass is 32.2. The van der Waals surface area contributed by atoms with Crippen LogP contribution in [0, 0.1) is 11.8 Å². The van der Waals surface area contributed by atoms with Gasteiger partial charge in [0.25, 0.3) is 11.5 Å². The molecule has 2 heterocycles. The number of rotatable bonds is 4. The molecule has 3 rings (SSSR count). The molecular weight excluding hydrogens is 318 g/mol. The highest BCUT2D eigenvalue weighted by Crippen LogP contribution is 2.41. The zero-order valence-corrected chi connectivity index (χ0v) is 14.0. The van der Waals surface area contributed by atoms with Crippen molar-refractivity contribution in [3.8, 4) is 0 Å². The molecule has 1 aromatic heterocycles. The van der Waals surface area contributed by atoms with Crippen molar-refractivity contribution < 1.29 is 13.2 Å². The fourth-order valence-corrected chi connectivity index (χ4v) is 4.13. The third-order valence-corrected chi connectivity index (χ3v) is 5.33. The highest BCUT2D eigenvalue weighted by molar-refractivity contribution is 7.88. The lowest BCUT2D eigenvalue weighted by atomic mass is 9.99. The number of nitrogens with zero attached hydrogens (tertiary/aromatic N) is 2. The molecule has 2 aliphatic rings. The van der Waals surface area contributed by atoms with E-state index in [1.165, 1.54) is 10.6 Å². The molecule has 1 aliphatic heterocycles. The van der Waals surface area contributed by atoms with E-state index in [9.17, 15) is 18.0 Å². The number of amides is 1. The van der Waals surface area contributed by atoms with Gasteiger partial charge in [0.15, 0.2) is 0 Å². The van der Waals surface area contributed by atoms with E-state index in [0.717, 1.165) is 19.1 Å². The number of likely N-dealkylation sites (tertiary alicyclic amines) is 1. The third-order valence-electron chi connectivity index (χ3n) is 4.60. The van der Waals surface area contributed by atoms with Crippen molar-refractivity contribution in [3.63, 3.8) is 0 Å². The van der Waals surface area contributed by atoms with Crippen LogP contribution in [0.1, 0.15) is 23.2 Å². The summed E-state index contributed by atoms with van der Waals surface area (Å²) < 4.78 is 27.1. The SMILES string of the molecule is Cn1cccc(C(=O)N2C[C@H](NS(C)(=O)=O)[C@@H](C3CC3)C2)c1=O. The number of carbonyl (C=O) groups is 1. The van der Waals surface area contributed by atoms with Crippen LogP contribution in [-0.2, 0) is 17.1 Å². The molecule has 1 aliphatic carbocycles. The molecule has 126 valence electrons. The summed E-state index contributed by atoms with van der Waals surface area (Å²) in [5.74, 6) is 0.265. The number of sulfonamides is 1. The van der Waals surface area contributed by atoms with Gasteiger partial charge in [-0.05, 0) is 36.8 Å². The van der Waals surface area contributed by atoms with Gasteiger partial charge in [0.2, 0.25) is 10.0 Å². The molecule has 1 saturated carbocycles. The molecule has 2 fully saturated rings. The molecule has 1 N–H and O–H groups in total. The van der Waals surface area contributed by atoms with Crippen molar-refractivity contribution in [2.75, 3.05) is 19.3 Å². The van der Waals surface area contributed by atoms with E-state index in [4.69, 9.17) is 0 Å². The van der Waals surface area contributed by atoms with Gasteiger partial charge in [-0.15, -0.1) is 0 Å². The average molecular weight is 339 g/mol. The average Bonchev–Trinajstić information content (AvgIpc) is 3.22. The van der Waals surface area contributed by atoms with E-state index in [1.54, 1.807) is 24.2 Å². The summed E-state index contributed by atoms with van der Waals surface area (Å²) in [4.78, 5) is 26.4. The summed E-state index contributed by atoms with van der Waals surface area (Å²) in [6.07, 6.45) is 4.88. The van der Waals surface area contributed by atoms with Gasteiger partial charge < -0.3 is 9.47 Å². The van der Waals surface area contributed by atoms with Crippen LogP contribution in [0.4, 0.5) is 0 Å². The molecule has 7 nitrogen and oxygen atoms in total. The van der Waals surface area contributed by atoms with E-state index in [2.05, 4.69) is 4.72 Å². The van der Waals surface area contributed by atoms with Crippen LogP contribution >= 0.6 is 0 Å². The third kappa shape index (κ3) is 3.48. The largest absolute Gasteiger partial charge is 0.337 e. The van der Waals surface area contributed by atoms with Crippen LogP contribution < -0.4 is 10.3 Å².